The zero-order valence-corrected chi connectivity index (χ0v) is 12.1. The molecule has 3 N–H and O–H groups in total. The Kier molecular flexibility index (Phi) is 5.35. The first-order valence-corrected chi connectivity index (χ1v) is 7.39. The van der Waals surface area contributed by atoms with E-state index in [1.807, 2.05) is 12.1 Å². The van der Waals surface area contributed by atoms with E-state index < -0.39 is 0 Å². The van der Waals surface area contributed by atoms with E-state index >= 15 is 0 Å². The molecular weight excluding hydrogens is 252 g/mol. The number of carbonyl (C=O) groups is 1. The van der Waals surface area contributed by atoms with Gasteiger partial charge in [-0.15, -0.1) is 0 Å². The minimum atomic E-state index is -0.0670. The van der Waals surface area contributed by atoms with Gasteiger partial charge in [-0.25, -0.2) is 4.98 Å². The second kappa shape index (κ2) is 7.24. The van der Waals surface area contributed by atoms with Gasteiger partial charge in [0.25, 0.3) is 0 Å². The Labute approximate surface area is 120 Å². The molecule has 0 spiro atoms. The maximum atomic E-state index is 11.4. The van der Waals surface area contributed by atoms with E-state index in [4.69, 9.17) is 5.73 Å². The third-order valence-electron chi connectivity index (χ3n) is 3.89. The van der Waals surface area contributed by atoms with Gasteiger partial charge in [0, 0.05) is 26.1 Å². The molecule has 1 aliphatic carbocycles. The molecule has 0 bridgehead atoms. The zero-order valence-electron chi connectivity index (χ0n) is 12.1. The smallest absolute Gasteiger partial charge is 0.225 e. The first kappa shape index (κ1) is 14.8. The topological polar surface area (TPSA) is 71.2 Å². The molecule has 1 heterocycles. The number of rotatable bonds is 5. The maximum Gasteiger partial charge on any atom is 0.225 e. The number of hydrogen-bond donors (Lipinski definition) is 2. The molecule has 20 heavy (non-hydrogen) atoms. The highest BCUT2D eigenvalue weighted by Crippen LogP contribution is 2.25. The quantitative estimate of drug-likeness (QED) is 0.864. The largest absolute Gasteiger partial charge is 0.357 e. The van der Waals surface area contributed by atoms with Crippen molar-refractivity contribution in [2.45, 2.75) is 44.6 Å². The molecule has 0 atom stereocenters. The number of hydrogen-bond acceptors (Lipinski definition) is 4. The van der Waals surface area contributed by atoms with Crippen LogP contribution >= 0.6 is 0 Å². The summed E-state index contributed by atoms with van der Waals surface area (Å²) in [6.45, 7) is 0.363. The summed E-state index contributed by atoms with van der Waals surface area (Å²) in [6.07, 6.45) is 8.50. The fraction of sp³-hybridized carbons (Fsp3) is 0.600. The summed E-state index contributed by atoms with van der Waals surface area (Å²) in [5.74, 6) is 0.899. The van der Waals surface area contributed by atoms with Gasteiger partial charge in [-0.1, -0.05) is 19.3 Å². The Morgan fingerprint density at radius 3 is 2.75 bits per heavy atom. The van der Waals surface area contributed by atoms with Crippen LogP contribution in [0.4, 0.5) is 11.5 Å². The van der Waals surface area contributed by atoms with Gasteiger partial charge in [-0.05, 0) is 25.0 Å². The first-order valence-electron chi connectivity index (χ1n) is 7.39. The SMILES string of the molecule is CN(c1ccc(NC(=O)CCN)cn1)C1CCCCC1. The van der Waals surface area contributed by atoms with E-state index in [2.05, 4.69) is 22.2 Å². The van der Waals surface area contributed by atoms with Crippen LogP contribution in [0, 0.1) is 0 Å². The van der Waals surface area contributed by atoms with E-state index in [9.17, 15) is 4.79 Å². The number of aromatic nitrogens is 1. The summed E-state index contributed by atoms with van der Waals surface area (Å²) >= 11 is 0. The van der Waals surface area contributed by atoms with Gasteiger partial charge in [0.2, 0.25) is 5.91 Å². The van der Waals surface area contributed by atoms with Gasteiger partial charge in [0.15, 0.2) is 0 Å². The summed E-state index contributed by atoms with van der Waals surface area (Å²) < 4.78 is 0. The van der Waals surface area contributed by atoms with Crippen molar-refractivity contribution in [1.82, 2.24) is 4.98 Å². The van der Waals surface area contributed by atoms with Gasteiger partial charge in [0.1, 0.15) is 5.82 Å². The molecule has 1 aromatic heterocycles. The molecular formula is C15H24N4O. The molecule has 2 rings (SSSR count). The third-order valence-corrected chi connectivity index (χ3v) is 3.89. The van der Waals surface area contributed by atoms with Crippen LogP contribution in [0.25, 0.3) is 0 Å². The van der Waals surface area contributed by atoms with E-state index in [0.717, 1.165) is 11.5 Å². The lowest BCUT2D eigenvalue weighted by Crippen LogP contribution is -2.33. The second-order valence-corrected chi connectivity index (χ2v) is 5.39. The van der Waals surface area contributed by atoms with Crippen molar-refractivity contribution in [1.29, 1.82) is 0 Å². The summed E-state index contributed by atoms with van der Waals surface area (Å²) in [4.78, 5) is 18.2. The highest BCUT2D eigenvalue weighted by atomic mass is 16.1. The van der Waals surface area contributed by atoms with E-state index in [-0.39, 0.29) is 5.91 Å². The molecule has 1 saturated carbocycles. The summed E-state index contributed by atoms with van der Waals surface area (Å²) in [5.41, 5.74) is 6.07. The van der Waals surface area contributed by atoms with Crippen molar-refractivity contribution in [3.63, 3.8) is 0 Å². The fourth-order valence-electron chi connectivity index (χ4n) is 2.68. The highest BCUT2D eigenvalue weighted by Gasteiger charge is 2.18. The minimum Gasteiger partial charge on any atom is -0.357 e. The van der Waals surface area contributed by atoms with Crippen LogP contribution in [0.3, 0.4) is 0 Å². The number of pyridine rings is 1. The average Bonchev–Trinajstić information content (AvgIpc) is 2.48. The number of nitrogens with two attached hydrogens (primary N) is 1. The van der Waals surface area contributed by atoms with Crippen molar-refractivity contribution >= 4 is 17.4 Å². The molecule has 0 radical (unpaired) electrons. The summed E-state index contributed by atoms with van der Waals surface area (Å²) in [6, 6.07) is 4.46. The van der Waals surface area contributed by atoms with Crippen molar-refractivity contribution in [2.75, 3.05) is 23.8 Å². The molecule has 1 aliphatic rings. The molecule has 0 aromatic carbocycles. The predicted molar refractivity (Wildman–Crippen MR) is 81.8 cm³/mol. The third kappa shape index (κ3) is 3.93. The van der Waals surface area contributed by atoms with Crippen LogP contribution in [0.1, 0.15) is 38.5 Å². The monoisotopic (exact) mass is 276 g/mol. The van der Waals surface area contributed by atoms with Crippen LogP contribution in [0.15, 0.2) is 18.3 Å². The second-order valence-electron chi connectivity index (χ2n) is 5.39. The van der Waals surface area contributed by atoms with Crippen LogP contribution in [0.2, 0.25) is 0 Å². The maximum absolute atomic E-state index is 11.4. The predicted octanol–water partition coefficient (Wildman–Crippen LogP) is 2.14. The Morgan fingerprint density at radius 2 is 2.15 bits per heavy atom. The van der Waals surface area contributed by atoms with Gasteiger partial charge in [-0.3, -0.25) is 4.79 Å². The number of nitrogens with zero attached hydrogens (tertiary/aromatic N) is 2. The lowest BCUT2D eigenvalue weighted by atomic mass is 9.94. The van der Waals surface area contributed by atoms with E-state index in [0.29, 0.717) is 19.0 Å². The number of amides is 1. The van der Waals surface area contributed by atoms with Crippen molar-refractivity contribution in [3.05, 3.63) is 18.3 Å². The lowest BCUT2D eigenvalue weighted by molar-refractivity contribution is -0.116. The molecule has 0 aliphatic heterocycles. The molecule has 1 fully saturated rings. The van der Waals surface area contributed by atoms with Gasteiger partial charge in [0.05, 0.1) is 11.9 Å². The lowest BCUT2D eigenvalue weighted by Gasteiger charge is -2.32. The van der Waals surface area contributed by atoms with Crippen LogP contribution in [0.5, 0.6) is 0 Å². The molecule has 0 saturated heterocycles. The van der Waals surface area contributed by atoms with E-state index in [1.165, 1.54) is 32.1 Å². The summed E-state index contributed by atoms with van der Waals surface area (Å²) in [7, 11) is 2.10. The Balaban J connectivity index is 1.94. The molecule has 110 valence electrons. The van der Waals surface area contributed by atoms with Crippen LogP contribution < -0.4 is 16.0 Å². The Bertz CT molecular complexity index is 426. The number of nitrogens with one attached hydrogen (secondary N) is 1. The normalized spacial score (nSPS) is 15.9. The standard InChI is InChI=1S/C15H24N4O/c1-19(13-5-3-2-4-6-13)14-8-7-12(11-17-14)18-15(20)9-10-16/h7-8,11,13H,2-6,9-10,16H2,1H3,(H,18,20). The van der Waals surface area contributed by atoms with Gasteiger partial charge < -0.3 is 16.0 Å². The fourth-order valence-corrected chi connectivity index (χ4v) is 2.68. The number of anilines is 2. The molecule has 1 amide bonds. The van der Waals surface area contributed by atoms with Crippen molar-refractivity contribution in [3.8, 4) is 0 Å². The Hall–Kier alpha value is -1.62. The molecule has 5 nitrogen and oxygen atoms in total. The minimum absolute atomic E-state index is 0.0670. The Morgan fingerprint density at radius 1 is 1.40 bits per heavy atom. The number of carbonyl (C=O) groups excluding carboxylic acids is 1. The molecule has 1 aromatic rings. The first-order chi connectivity index (χ1) is 9.70. The van der Waals surface area contributed by atoms with Crippen LogP contribution in [-0.4, -0.2) is 30.5 Å². The van der Waals surface area contributed by atoms with Crippen molar-refractivity contribution in [2.24, 2.45) is 5.73 Å². The highest BCUT2D eigenvalue weighted by molar-refractivity contribution is 5.90. The van der Waals surface area contributed by atoms with Crippen molar-refractivity contribution < 1.29 is 4.79 Å². The van der Waals surface area contributed by atoms with Gasteiger partial charge >= 0.3 is 0 Å². The zero-order chi connectivity index (χ0) is 14.4. The molecule has 0 unspecified atom stereocenters. The van der Waals surface area contributed by atoms with Gasteiger partial charge in [-0.2, -0.15) is 0 Å². The summed E-state index contributed by atoms with van der Waals surface area (Å²) in [5, 5.41) is 2.79. The molecule has 5 heteroatoms. The van der Waals surface area contributed by atoms with Crippen LogP contribution in [-0.2, 0) is 4.79 Å². The van der Waals surface area contributed by atoms with E-state index in [1.54, 1.807) is 6.20 Å². The average molecular weight is 276 g/mol.